The predicted molar refractivity (Wildman–Crippen MR) is 109 cm³/mol. The normalized spacial score (nSPS) is 27.6. The fraction of sp³-hybridized carbons (Fsp3) is 0.550. The van der Waals surface area contributed by atoms with Crippen LogP contribution < -0.4 is 5.32 Å². The summed E-state index contributed by atoms with van der Waals surface area (Å²) in [6.45, 7) is 1.81. The van der Waals surface area contributed by atoms with Crippen LogP contribution in [0.4, 0.5) is 0 Å². The van der Waals surface area contributed by atoms with Crippen molar-refractivity contribution in [3.05, 3.63) is 30.3 Å². The molecule has 1 heterocycles. The van der Waals surface area contributed by atoms with E-state index in [2.05, 4.69) is 5.32 Å². The molecule has 1 aromatic rings. The molecular weight excluding hydrogens is 430 g/mol. The molecule has 0 aliphatic carbocycles. The van der Waals surface area contributed by atoms with Crippen molar-refractivity contribution in [2.45, 2.75) is 60.6 Å². The number of thioether (sulfide) groups is 1. The molecule has 0 saturated carbocycles. The number of amides is 1. The third-order valence-electron chi connectivity index (χ3n) is 4.65. The first-order valence-electron chi connectivity index (χ1n) is 9.54. The minimum Gasteiger partial charge on any atom is -0.466 e. The van der Waals surface area contributed by atoms with E-state index in [0.29, 0.717) is 4.90 Å². The van der Waals surface area contributed by atoms with Gasteiger partial charge in [0.15, 0.2) is 0 Å². The highest BCUT2D eigenvalue weighted by atomic mass is 32.2. The highest BCUT2D eigenvalue weighted by Crippen LogP contribution is 2.44. The van der Waals surface area contributed by atoms with E-state index in [0.717, 1.165) is 25.8 Å². The maximum Gasteiger partial charge on any atom is 0.349 e. The summed E-state index contributed by atoms with van der Waals surface area (Å²) in [4.78, 5) is 34.3. The number of carbonyl (C=O) groups is 3. The Hall–Kier alpha value is -2.18. The second-order valence-corrected chi connectivity index (χ2v) is 8.44. The molecule has 1 aliphatic heterocycles. The summed E-state index contributed by atoms with van der Waals surface area (Å²) in [5, 5.41) is 34.3. The lowest BCUT2D eigenvalue weighted by atomic mass is 9.89. The maximum atomic E-state index is 12.7. The molecule has 0 bridgehead atoms. The third-order valence-corrected chi connectivity index (χ3v) is 5.92. The Bertz CT molecular complexity index is 777. The van der Waals surface area contributed by atoms with Crippen molar-refractivity contribution in [1.29, 1.82) is 0 Å². The predicted octanol–water partition coefficient (Wildman–Crippen LogP) is -0.413. The molecule has 0 radical (unpaired) electrons. The lowest BCUT2D eigenvalue weighted by Gasteiger charge is -2.47. The van der Waals surface area contributed by atoms with Gasteiger partial charge in [-0.1, -0.05) is 30.0 Å². The lowest BCUT2D eigenvalue weighted by molar-refractivity contribution is -0.207. The van der Waals surface area contributed by atoms with Gasteiger partial charge in [-0.25, -0.2) is 4.79 Å². The van der Waals surface area contributed by atoms with E-state index in [9.17, 15) is 29.7 Å². The fourth-order valence-electron chi connectivity index (χ4n) is 3.25. The van der Waals surface area contributed by atoms with Gasteiger partial charge in [0.05, 0.1) is 19.3 Å². The number of benzene rings is 1. The minimum atomic E-state index is -1.77. The van der Waals surface area contributed by atoms with Crippen LogP contribution in [-0.2, 0) is 28.6 Å². The van der Waals surface area contributed by atoms with Crippen LogP contribution in [0, 0.1) is 0 Å². The van der Waals surface area contributed by atoms with Gasteiger partial charge < -0.3 is 34.8 Å². The van der Waals surface area contributed by atoms with E-state index in [1.165, 1.54) is 6.92 Å². The van der Waals surface area contributed by atoms with Gasteiger partial charge in [-0.05, 0) is 12.1 Å². The van der Waals surface area contributed by atoms with Crippen molar-refractivity contribution >= 4 is 29.6 Å². The van der Waals surface area contributed by atoms with Crippen LogP contribution in [0.25, 0.3) is 0 Å². The molecule has 10 nitrogen and oxygen atoms in total. The summed E-state index contributed by atoms with van der Waals surface area (Å²) >= 11 is 0.973. The van der Waals surface area contributed by atoms with E-state index < -0.39 is 59.8 Å². The topological polar surface area (TPSA) is 152 Å². The molecule has 0 aromatic heterocycles. The molecule has 1 aromatic carbocycles. The molecule has 4 N–H and O–H groups in total. The lowest BCUT2D eigenvalue weighted by Crippen LogP contribution is -2.66. The van der Waals surface area contributed by atoms with Crippen LogP contribution in [-0.4, -0.2) is 82.3 Å². The fourth-order valence-corrected chi connectivity index (χ4v) is 4.51. The Morgan fingerprint density at radius 3 is 2.45 bits per heavy atom. The first-order valence-corrected chi connectivity index (χ1v) is 10.4. The molecule has 0 spiro atoms. The van der Waals surface area contributed by atoms with Gasteiger partial charge in [-0.2, -0.15) is 0 Å². The van der Waals surface area contributed by atoms with Crippen molar-refractivity contribution < 1.29 is 43.9 Å². The summed E-state index contributed by atoms with van der Waals surface area (Å²) in [6, 6.07) is 7.60. The van der Waals surface area contributed by atoms with Crippen molar-refractivity contribution in [2.75, 3.05) is 13.7 Å². The Morgan fingerprint density at radius 2 is 1.90 bits per heavy atom. The SMILES string of the molecule is COC(=O)[C@]1(Sc2ccccc2)C[C@H](O)[C@@H](NC(C)=O)[C@H]([C@H](O)[C@H](O)COC(C)=O)O1. The number of rotatable bonds is 8. The molecule has 1 saturated heterocycles. The third kappa shape index (κ3) is 6.40. The van der Waals surface area contributed by atoms with Crippen LogP contribution in [0.3, 0.4) is 0 Å². The van der Waals surface area contributed by atoms with Crippen molar-refractivity contribution in [3.8, 4) is 0 Å². The van der Waals surface area contributed by atoms with E-state index in [1.54, 1.807) is 30.3 Å². The van der Waals surface area contributed by atoms with E-state index in [-0.39, 0.29) is 6.42 Å². The molecule has 0 unspecified atom stereocenters. The molecule has 1 aliphatic rings. The summed E-state index contributed by atoms with van der Waals surface area (Å²) in [5.41, 5.74) is 0. The summed E-state index contributed by atoms with van der Waals surface area (Å²) < 4.78 is 15.6. The highest BCUT2D eigenvalue weighted by Gasteiger charge is 2.55. The van der Waals surface area contributed by atoms with Gasteiger partial charge in [0.25, 0.3) is 0 Å². The van der Waals surface area contributed by atoms with Crippen molar-refractivity contribution in [1.82, 2.24) is 5.32 Å². The second-order valence-electron chi connectivity index (χ2n) is 7.10. The molecular formula is C20H27NO9S. The summed E-state index contributed by atoms with van der Waals surface area (Å²) in [5.74, 6) is -1.99. The number of hydrogen-bond acceptors (Lipinski definition) is 10. The summed E-state index contributed by atoms with van der Waals surface area (Å²) in [7, 11) is 1.16. The van der Waals surface area contributed by atoms with Gasteiger partial charge in [0.2, 0.25) is 10.8 Å². The molecule has 172 valence electrons. The standard InChI is InChI=1S/C20H27NO9S/c1-11(22)21-16-14(24)9-20(19(27)28-3,31-13-7-5-4-6-8-13)30-18(16)17(26)15(25)10-29-12(2)23/h4-8,14-18,24-26H,9-10H2,1-3H3,(H,21,22)/t14-,15+,16+,17+,18+,20+/m0/s1. The van der Waals surface area contributed by atoms with Gasteiger partial charge in [-0.3, -0.25) is 9.59 Å². The zero-order valence-corrected chi connectivity index (χ0v) is 18.2. The van der Waals surface area contributed by atoms with E-state index in [1.807, 2.05) is 0 Å². The highest BCUT2D eigenvalue weighted by molar-refractivity contribution is 8.01. The quantitative estimate of drug-likeness (QED) is 0.379. The number of esters is 2. The number of carbonyl (C=O) groups excluding carboxylic acids is 3. The number of nitrogens with one attached hydrogen (secondary N) is 1. The Morgan fingerprint density at radius 1 is 1.26 bits per heavy atom. The zero-order chi connectivity index (χ0) is 23.2. The molecule has 6 atom stereocenters. The average molecular weight is 458 g/mol. The molecule has 11 heteroatoms. The first kappa shape index (κ1) is 25.1. The Kier molecular flexibility index (Phi) is 8.83. The maximum absolute atomic E-state index is 12.7. The molecule has 2 rings (SSSR count). The van der Waals surface area contributed by atoms with Gasteiger partial charge in [0.1, 0.15) is 24.9 Å². The number of ether oxygens (including phenoxy) is 3. The van der Waals surface area contributed by atoms with Crippen LogP contribution in [0.5, 0.6) is 0 Å². The number of aliphatic hydroxyl groups is 3. The van der Waals surface area contributed by atoms with Gasteiger partial charge in [-0.15, -0.1) is 0 Å². The van der Waals surface area contributed by atoms with Gasteiger partial charge >= 0.3 is 11.9 Å². The largest absolute Gasteiger partial charge is 0.466 e. The average Bonchev–Trinajstić information content (AvgIpc) is 2.73. The Labute approximate surface area is 183 Å². The number of hydrogen-bond donors (Lipinski definition) is 4. The number of methoxy groups -OCH3 is 1. The molecule has 31 heavy (non-hydrogen) atoms. The summed E-state index contributed by atoms with van der Waals surface area (Å²) in [6.07, 6.45) is -6.32. The van der Waals surface area contributed by atoms with Crippen LogP contribution in [0.2, 0.25) is 0 Å². The van der Waals surface area contributed by atoms with Crippen LogP contribution in [0.15, 0.2) is 35.2 Å². The van der Waals surface area contributed by atoms with Crippen molar-refractivity contribution in [3.63, 3.8) is 0 Å². The minimum absolute atomic E-state index is 0.257. The van der Waals surface area contributed by atoms with Crippen LogP contribution >= 0.6 is 11.8 Å². The molecule has 1 amide bonds. The monoisotopic (exact) mass is 457 g/mol. The number of aliphatic hydroxyl groups excluding tert-OH is 3. The van der Waals surface area contributed by atoms with Crippen LogP contribution in [0.1, 0.15) is 20.3 Å². The molecule has 1 fully saturated rings. The first-order chi connectivity index (χ1) is 14.6. The van der Waals surface area contributed by atoms with Crippen molar-refractivity contribution in [2.24, 2.45) is 0 Å². The Balaban J connectivity index is 2.39. The zero-order valence-electron chi connectivity index (χ0n) is 17.4. The van der Waals surface area contributed by atoms with Gasteiger partial charge in [0, 0.05) is 25.2 Å². The van der Waals surface area contributed by atoms with E-state index in [4.69, 9.17) is 14.2 Å². The second kappa shape index (κ2) is 10.9. The van der Waals surface area contributed by atoms with E-state index >= 15 is 0 Å². The smallest absolute Gasteiger partial charge is 0.349 e.